The fraction of sp³-hybridized carbons (Fsp3) is 0.929. The molecule has 1 amide bonds. The molecule has 0 radical (unpaired) electrons. The van der Waals surface area contributed by atoms with E-state index in [0.717, 1.165) is 12.8 Å². The molecule has 1 rings (SSSR count). The minimum Gasteiger partial charge on any atom is -0.353 e. The van der Waals surface area contributed by atoms with Gasteiger partial charge in [-0.2, -0.15) is 4.31 Å². The molecule has 1 aliphatic rings. The first-order valence-electron chi connectivity index (χ1n) is 7.57. The third-order valence-corrected chi connectivity index (χ3v) is 5.24. The SMILES string of the molecule is CC(C)N(CCC(=O)NC1CCCCCC1)S(C)(=O)=O. The van der Waals surface area contributed by atoms with Crippen molar-refractivity contribution in [1.82, 2.24) is 9.62 Å². The zero-order valence-corrected chi connectivity index (χ0v) is 13.7. The van der Waals surface area contributed by atoms with Crippen LogP contribution < -0.4 is 5.32 Å². The Kier molecular flexibility index (Phi) is 6.95. The average Bonchev–Trinajstić information content (AvgIpc) is 2.55. The molecule has 1 saturated carbocycles. The van der Waals surface area contributed by atoms with E-state index >= 15 is 0 Å². The molecule has 0 saturated heterocycles. The lowest BCUT2D eigenvalue weighted by Crippen LogP contribution is -2.40. The minimum atomic E-state index is -3.25. The van der Waals surface area contributed by atoms with Gasteiger partial charge in [0.05, 0.1) is 6.26 Å². The van der Waals surface area contributed by atoms with Crippen LogP contribution in [0.2, 0.25) is 0 Å². The van der Waals surface area contributed by atoms with E-state index in [2.05, 4.69) is 5.32 Å². The Bertz CT molecular complexity index is 399. The average molecular weight is 304 g/mol. The van der Waals surface area contributed by atoms with Crippen molar-refractivity contribution >= 4 is 15.9 Å². The maximum atomic E-state index is 11.9. The molecular formula is C14H28N2O3S. The molecule has 1 N–H and O–H groups in total. The summed E-state index contributed by atoms with van der Waals surface area (Å²) in [5.41, 5.74) is 0. The number of carbonyl (C=O) groups excluding carboxylic acids is 1. The number of hydrogen-bond donors (Lipinski definition) is 1. The molecule has 0 unspecified atom stereocenters. The van der Waals surface area contributed by atoms with E-state index in [4.69, 9.17) is 0 Å². The monoisotopic (exact) mass is 304 g/mol. The minimum absolute atomic E-state index is 0.0359. The van der Waals surface area contributed by atoms with Crippen LogP contribution in [-0.2, 0) is 14.8 Å². The van der Waals surface area contributed by atoms with Gasteiger partial charge in [0.15, 0.2) is 0 Å². The molecule has 118 valence electrons. The van der Waals surface area contributed by atoms with E-state index in [1.54, 1.807) is 0 Å². The first kappa shape index (κ1) is 17.4. The lowest BCUT2D eigenvalue weighted by atomic mass is 10.1. The third kappa shape index (κ3) is 6.22. The van der Waals surface area contributed by atoms with Crippen LogP contribution in [0.3, 0.4) is 0 Å². The van der Waals surface area contributed by atoms with Crippen molar-refractivity contribution in [2.75, 3.05) is 12.8 Å². The number of rotatable bonds is 6. The standard InChI is InChI=1S/C14H28N2O3S/c1-12(2)16(20(3,18)19)11-10-14(17)15-13-8-6-4-5-7-9-13/h12-13H,4-11H2,1-3H3,(H,15,17). The van der Waals surface area contributed by atoms with Crippen molar-refractivity contribution in [3.05, 3.63) is 0 Å². The number of hydrogen-bond acceptors (Lipinski definition) is 3. The van der Waals surface area contributed by atoms with Crippen LogP contribution in [0.15, 0.2) is 0 Å². The summed E-state index contributed by atoms with van der Waals surface area (Å²) in [6.45, 7) is 3.91. The van der Waals surface area contributed by atoms with Crippen molar-refractivity contribution < 1.29 is 13.2 Å². The van der Waals surface area contributed by atoms with Crippen molar-refractivity contribution in [2.45, 2.75) is 70.9 Å². The van der Waals surface area contributed by atoms with Gasteiger partial charge in [0.25, 0.3) is 0 Å². The summed E-state index contributed by atoms with van der Waals surface area (Å²) in [6, 6.07) is 0.159. The Balaban J connectivity index is 2.41. The highest BCUT2D eigenvalue weighted by molar-refractivity contribution is 7.88. The van der Waals surface area contributed by atoms with E-state index in [1.807, 2.05) is 13.8 Å². The molecule has 0 heterocycles. The molecule has 0 bridgehead atoms. The largest absolute Gasteiger partial charge is 0.353 e. The molecule has 5 nitrogen and oxygen atoms in total. The normalized spacial score (nSPS) is 18.2. The van der Waals surface area contributed by atoms with E-state index in [1.165, 1.54) is 36.2 Å². The van der Waals surface area contributed by atoms with Gasteiger partial charge in [-0.1, -0.05) is 25.7 Å². The fourth-order valence-electron chi connectivity index (χ4n) is 2.74. The highest BCUT2D eigenvalue weighted by Gasteiger charge is 2.21. The molecule has 0 aliphatic heterocycles. The quantitative estimate of drug-likeness (QED) is 0.762. The highest BCUT2D eigenvalue weighted by Crippen LogP contribution is 2.17. The number of carbonyl (C=O) groups is 1. The number of sulfonamides is 1. The summed E-state index contributed by atoms with van der Waals surface area (Å²) in [5, 5.41) is 3.04. The molecule has 0 atom stereocenters. The van der Waals surface area contributed by atoms with Crippen LogP contribution in [0.5, 0.6) is 0 Å². The van der Waals surface area contributed by atoms with Crippen molar-refractivity contribution in [2.24, 2.45) is 0 Å². The van der Waals surface area contributed by atoms with Crippen LogP contribution >= 0.6 is 0 Å². The second-order valence-corrected chi connectivity index (χ2v) is 7.91. The molecule has 6 heteroatoms. The van der Waals surface area contributed by atoms with Crippen molar-refractivity contribution in [1.29, 1.82) is 0 Å². The predicted molar refractivity (Wildman–Crippen MR) is 80.9 cm³/mol. The Morgan fingerprint density at radius 3 is 2.20 bits per heavy atom. The molecule has 1 fully saturated rings. The summed E-state index contributed by atoms with van der Waals surface area (Å²) in [4.78, 5) is 11.9. The van der Waals surface area contributed by atoms with E-state index in [9.17, 15) is 13.2 Å². The zero-order chi connectivity index (χ0) is 15.2. The lowest BCUT2D eigenvalue weighted by Gasteiger charge is -2.24. The second-order valence-electron chi connectivity index (χ2n) is 5.97. The van der Waals surface area contributed by atoms with E-state index in [0.29, 0.717) is 0 Å². The molecular weight excluding hydrogens is 276 g/mol. The molecule has 0 aromatic carbocycles. The summed E-state index contributed by atoms with van der Waals surface area (Å²) in [6.07, 6.45) is 8.37. The van der Waals surface area contributed by atoms with Gasteiger partial charge in [-0.15, -0.1) is 0 Å². The van der Waals surface area contributed by atoms with Crippen LogP contribution in [0, 0.1) is 0 Å². The van der Waals surface area contributed by atoms with E-state index < -0.39 is 10.0 Å². The highest BCUT2D eigenvalue weighted by atomic mass is 32.2. The number of amides is 1. The summed E-state index contributed by atoms with van der Waals surface area (Å²) < 4.78 is 24.6. The smallest absolute Gasteiger partial charge is 0.221 e. The van der Waals surface area contributed by atoms with Gasteiger partial charge in [0.2, 0.25) is 15.9 Å². The lowest BCUT2D eigenvalue weighted by molar-refractivity contribution is -0.122. The van der Waals surface area contributed by atoms with Gasteiger partial charge in [0, 0.05) is 25.0 Å². The Hall–Kier alpha value is -0.620. The van der Waals surface area contributed by atoms with Gasteiger partial charge >= 0.3 is 0 Å². The predicted octanol–water partition coefficient (Wildman–Crippen LogP) is 1.89. The van der Waals surface area contributed by atoms with Gasteiger partial charge in [-0.3, -0.25) is 4.79 Å². The molecule has 1 aliphatic carbocycles. The maximum Gasteiger partial charge on any atom is 0.221 e. The van der Waals surface area contributed by atoms with Gasteiger partial charge in [-0.05, 0) is 26.7 Å². The van der Waals surface area contributed by atoms with Crippen LogP contribution in [0.4, 0.5) is 0 Å². The summed E-state index contributed by atoms with van der Waals surface area (Å²) in [5.74, 6) is -0.0359. The Labute approximate surface area is 123 Å². The van der Waals surface area contributed by atoms with Crippen LogP contribution in [0.25, 0.3) is 0 Å². The third-order valence-electron chi connectivity index (χ3n) is 3.78. The van der Waals surface area contributed by atoms with E-state index in [-0.39, 0.29) is 31.0 Å². The van der Waals surface area contributed by atoms with Gasteiger partial charge < -0.3 is 5.32 Å². The Morgan fingerprint density at radius 1 is 1.20 bits per heavy atom. The topological polar surface area (TPSA) is 66.5 Å². The second kappa shape index (κ2) is 7.98. The van der Waals surface area contributed by atoms with Crippen LogP contribution in [0.1, 0.15) is 58.8 Å². The molecule has 20 heavy (non-hydrogen) atoms. The number of nitrogens with zero attached hydrogens (tertiary/aromatic N) is 1. The fourth-order valence-corrected chi connectivity index (χ4v) is 3.93. The Morgan fingerprint density at radius 2 is 1.75 bits per heavy atom. The molecule has 0 aromatic rings. The van der Waals surface area contributed by atoms with Crippen molar-refractivity contribution in [3.63, 3.8) is 0 Å². The molecule has 0 aromatic heterocycles. The summed E-state index contributed by atoms with van der Waals surface area (Å²) >= 11 is 0. The van der Waals surface area contributed by atoms with Gasteiger partial charge in [-0.25, -0.2) is 8.42 Å². The number of nitrogens with one attached hydrogen (secondary N) is 1. The van der Waals surface area contributed by atoms with Crippen LogP contribution in [-0.4, -0.2) is 43.5 Å². The maximum absolute atomic E-state index is 11.9. The summed E-state index contributed by atoms with van der Waals surface area (Å²) in [7, 11) is -3.25. The zero-order valence-electron chi connectivity index (χ0n) is 12.9. The molecule has 0 spiro atoms. The van der Waals surface area contributed by atoms with Gasteiger partial charge in [0.1, 0.15) is 0 Å². The van der Waals surface area contributed by atoms with Crippen molar-refractivity contribution in [3.8, 4) is 0 Å². The first-order chi connectivity index (χ1) is 9.30. The first-order valence-corrected chi connectivity index (χ1v) is 9.41.